The lowest BCUT2D eigenvalue weighted by Crippen LogP contribution is -2.40. The fourth-order valence-corrected chi connectivity index (χ4v) is 2.94. The van der Waals surface area contributed by atoms with E-state index in [9.17, 15) is 31.2 Å². The van der Waals surface area contributed by atoms with E-state index in [1.807, 2.05) is 0 Å². The van der Waals surface area contributed by atoms with Crippen LogP contribution in [0.2, 0.25) is 0 Å². The molecular weight excluding hydrogens is 414 g/mol. The van der Waals surface area contributed by atoms with Gasteiger partial charge in [-0.05, 0) is 11.6 Å². The maximum absolute atomic E-state index is 12.7. The summed E-state index contributed by atoms with van der Waals surface area (Å²) in [5.41, 5.74) is 1.23. The molecule has 0 aliphatic rings. The summed E-state index contributed by atoms with van der Waals surface area (Å²) in [6.07, 6.45) is -8.45. The van der Waals surface area contributed by atoms with Crippen molar-refractivity contribution in [3.63, 3.8) is 0 Å². The zero-order chi connectivity index (χ0) is 22.4. The van der Waals surface area contributed by atoms with Crippen molar-refractivity contribution in [2.45, 2.75) is 31.2 Å². The summed E-state index contributed by atoms with van der Waals surface area (Å²) in [5.74, 6) is -4.66. The van der Waals surface area contributed by atoms with Gasteiger partial charge in [0.05, 0.1) is 29.1 Å². The first kappa shape index (κ1) is 25.1. The molecule has 0 heterocycles. The number of rotatable bonds is 9. The molecule has 152 valence electrons. The van der Waals surface area contributed by atoms with E-state index in [0.29, 0.717) is 16.7 Å². The van der Waals surface area contributed by atoms with Crippen LogP contribution in [0.25, 0.3) is 0 Å². The van der Waals surface area contributed by atoms with Crippen LogP contribution in [0.1, 0.15) is 27.0 Å². The third-order valence-corrected chi connectivity index (χ3v) is 4.33. The molecule has 7 nitrogen and oxygen atoms in total. The number of esters is 2. The van der Waals surface area contributed by atoms with Crippen molar-refractivity contribution in [3.05, 3.63) is 34.4 Å². The third-order valence-electron chi connectivity index (χ3n) is 3.60. The number of alkyl halides is 3. The van der Waals surface area contributed by atoms with Crippen LogP contribution < -0.4 is 0 Å². The lowest BCUT2D eigenvalue weighted by Gasteiger charge is -2.19. The first-order valence-electron chi connectivity index (χ1n) is 7.95. The van der Waals surface area contributed by atoms with Gasteiger partial charge in [-0.3, -0.25) is 4.55 Å². The van der Waals surface area contributed by atoms with Gasteiger partial charge in [0.25, 0.3) is 10.1 Å². The highest BCUT2D eigenvalue weighted by atomic mass is 32.2. The molecule has 0 aliphatic carbocycles. The Hall–Kier alpha value is -1.95. The second kappa shape index (κ2) is 10.2. The predicted octanol–water partition coefficient (Wildman–Crippen LogP) is 0.211. The van der Waals surface area contributed by atoms with Gasteiger partial charge in [-0.15, -0.1) is 0 Å². The van der Waals surface area contributed by atoms with Crippen molar-refractivity contribution < 1.29 is 45.2 Å². The first-order valence-corrected chi connectivity index (χ1v) is 9.56. The van der Waals surface area contributed by atoms with Gasteiger partial charge >= 0.3 is 18.1 Å². The Morgan fingerprint density at radius 2 is 1.72 bits per heavy atom. The Kier molecular flexibility index (Phi) is 8.82. The second-order valence-electron chi connectivity index (χ2n) is 5.74. The third kappa shape index (κ3) is 7.77. The second-order valence-corrected chi connectivity index (χ2v) is 7.24. The van der Waals surface area contributed by atoms with Crippen LogP contribution in [0.4, 0.5) is 13.2 Å². The normalized spacial score (nSPS) is 13.0. The minimum absolute atomic E-state index is 0.0194. The maximum Gasteiger partial charge on any atom is 0.426 e. The van der Waals surface area contributed by atoms with Crippen LogP contribution >= 0.6 is 0 Å². The minimum Gasteiger partial charge on any atom is -0.450 e. The Balaban J connectivity index is 2.92. The molecule has 1 rings (SSSR count). The van der Waals surface area contributed by atoms with E-state index in [0.717, 1.165) is 0 Å². The number of halogens is 3. The summed E-state index contributed by atoms with van der Waals surface area (Å²) in [4.78, 5) is 23.8. The molecule has 1 aromatic rings. The number of carbonyl (C=O) groups excluding carboxylic acids is 2. The number of benzene rings is 1. The van der Waals surface area contributed by atoms with E-state index in [2.05, 4.69) is 9.47 Å². The molecule has 0 bridgehead atoms. The fraction of sp³-hybridized carbons (Fsp3) is 0.467. The van der Waals surface area contributed by atoms with Crippen LogP contribution in [-0.4, -0.2) is 73.1 Å². The van der Waals surface area contributed by atoms with Crippen molar-refractivity contribution >= 4 is 45.6 Å². The van der Waals surface area contributed by atoms with Gasteiger partial charge < -0.3 is 9.47 Å². The highest BCUT2D eigenvalue weighted by Crippen LogP contribution is 2.24. The fourth-order valence-electron chi connectivity index (χ4n) is 2.30. The summed E-state index contributed by atoms with van der Waals surface area (Å²) >= 11 is 0. The van der Waals surface area contributed by atoms with Crippen molar-refractivity contribution in [2.75, 3.05) is 12.4 Å². The van der Waals surface area contributed by atoms with Crippen LogP contribution in [0.5, 0.6) is 0 Å². The van der Waals surface area contributed by atoms with E-state index in [1.54, 1.807) is 6.07 Å². The van der Waals surface area contributed by atoms with Crippen molar-refractivity contribution in [1.82, 2.24) is 0 Å². The van der Waals surface area contributed by atoms with E-state index < -0.39 is 46.7 Å². The largest absolute Gasteiger partial charge is 0.450 e. The summed E-state index contributed by atoms with van der Waals surface area (Å²) in [7, 11) is 11.6. The molecular formula is C15H14B3F3O7S. The highest BCUT2D eigenvalue weighted by molar-refractivity contribution is 7.85. The molecule has 6 radical (unpaired) electrons. The number of hydrogen-bond acceptors (Lipinski definition) is 6. The Bertz CT molecular complexity index is 859. The molecule has 1 unspecified atom stereocenters. The zero-order valence-corrected chi connectivity index (χ0v) is 15.8. The molecule has 1 N–H and O–H groups in total. The van der Waals surface area contributed by atoms with Crippen LogP contribution in [0.3, 0.4) is 0 Å². The van der Waals surface area contributed by atoms with Crippen LogP contribution in [-0.2, 0) is 43.3 Å². The molecule has 0 aromatic heterocycles. The number of ether oxygens (including phenoxy) is 2. The molecule has 14 heteroatoms. The van der Waals surface area contributed by atoms with Gasteiger partial charge in [0.1, 0.15) is 5.75 Å². The average molecular weight is 428 g/mol. The molecule has 1 atom stereocenters. The van der Waals surface area contributed by atoms with Crippen LogP contribution in [0, 0.1) is 0 Å². The number of carbonyl (C=O) groups is 2. The van der Waals surface area contributed by atoms with E-state index in [4.69, 9.17) is 28.1 Å². The van der Waals surface area contributed by atoms with Crippen molar-refractivity contribution in [3.8, 4) is 0 Å². The van der Waals surface area contributed by atoms with Gasteiger partial charge in [-0.25, -0.2) is 9.59 Å². The van der Waals surface area contributed by atoms with Crippen molar-refractivity contribution in [1.29, 1.82) is 0 Å². The first-order chi connectivity index (χ1) is 13.3. The molecule has 0 aliphatic heterocycles. The van der Waals surface area contributed by atoms with Crippen LogP contribution in [0.15, 0.2) is 12.1 Å². The average Bonchev–Trinajstić information content (AvgIpc) is 2.62. The number of hydrogen-bond donors (Lipinski definition) is 1. The van der Waals surface area contributed by atoms with E-state index in [-0.39, 0.29) is 24.5 Å². The topological polar surface area (TPSA) is 107 Å². The molecule has 0 spiro atoms. The predicted molar refractivity (Wildman–Crippen MR) is 97.4 cm³/mol. The smallest absolute Gasteiger partial charge is 0.426 e. The minimum atomic E-state index is -5.27. The molecule has 0 saturated carbocycles. The van der Waals surface area contributed by atoms with E-state index >= 15 is 0 Å². The van der Waals surface area contributed by atoms with Gasteiger partial charge in [0, 0.05) is 0 Å². The maximum atomic E-state index is 12.7. The lowest BCUT2D eigenvalue weighted by atomic mass is 9.81. The van der Waals surface area contributed by atoms with E-state index in [1.165, 1.54) is 6.07 Å². The van der Waals surface area contributed by atoms with Gasteiger partial charge in [-0.1, -0.05) is 36.2 Å². The monoisotopic (exact) mass is 428 g/mol. The van der Waals surface area contributed by atoms with Gasteiger partial charge in [0.15, 0.2) is 6.61 Å². The Morgan fingerprint density at radius 3 is 2.17 bits per heavy atom. The van der Waals surface area contributed by atoms with Gasteiger partial charge in [0.2, 0.25) is 6.10 Å². The Morgan fingerprint density at radius 1 is 1.10 bits per heavy atom. The summed E-state index contributed by atoms with van der Waals surface area (Å²) in [6, 6.07) is 2.96. The summed E-state index contributed by atoms with van der Waals surface area (Å²) < 4.78 is 76.7. The Labute approximate surface area is 169 Å². The molecule has 0 fully saturated rings. The molecule has 0 amide bonds. The summed E-state index contributed by atoms with van der Waals surface area (Å²) in [5, 5.41) is 0. The molecule has 1 aromatic carbocycles. The van der Waals surface area contributed by atoms with Gasteiger partial charge in [-0.2, -0.15) is 21.6 Å². The lowest BCUT2D eigenvalue weighted by molar-refractivity contribution is -0.216. The quantitative estimate of drug-likeness (QED) is 0.341. The zero-order valence-electron chi connectivity index (χ0n) is 14.9. The van der Waals surface area contributed by atoms with Crippen molar-refractivity contribution in [2.24, 2.45) is 0 Å². The standard InChI is InChI=1S/C15H14B3F3O7S/c16-3-8-1-9(4-17)11(5-18)10(2-8)14(23)27-6-13(22)28-12(15(19,20)21)7-29(24,25)26/h1-2,12H,3-7H2,(H,24,25,26). The highest BCUT2D eigenvalue weighted by Gasteiger charge is 2.45. The SMILES string of the molecule is [B]Cc1cc(C[B])c(C[B])c(C(=O)OCC(=O)OC(CS(=O)(=O)O)C(F)(F)F)c1. The molecule has 0 saturated heterocycles. The molecule has 29 heavy (non-hydrogen) atoms. The summed E-state index contributed by atoms with van der Waals surface area (Å²) in [6.45, 7) is -1.24.